The Kier molecular flexibility index (Phi) is 7.11. The summed E-state index contributed by atoms with van der Waals surface area (Å²) in [5, 5.41) is 0. The van der Waals surface area contributed by atoms with Crippen LogP contribution in [0.3, 0.4) is 0 Å². The van der Waals surface area contributed by atoms with Crippen LogP contribution < -0.4 is 0 Å². The minimum atomic E-state index is -1.01. The average molecular weight is 261 g/mol. The summed E-state index contributed by atoms with van der Waals surface area (Å²) in [5.74, 6) is 0. The van der Waals surface area contributed by atoms with E-state index in [1.54, 1.807) is 33.1 Å². The Morgan fingerprint density at radius 3 is 1.44 bits per heavy atom. The normalized spacial score (nSPS) is 10.4. The Bertz CT molecular complexity index is 255. The summed E-state index contributed by atoms with van der Waals surface area (Å²) < 4.78 is 10.2. The summed E-state index contributed by atoms with van der Waals surface area (Å²) in [6, 6.07) is 0. The van der Waals surface area contributed by atoms with Crippen molar-refractivity contribution in [2.45, 2.75) is 20.3 Å². The van der Waals surface area contributed by atoms with Crippen molar-refractivity contribution in [1.29, 1.82) is 0 Å². The van der Waals surface area contributed by atoms with E-state index < -0.39 is 18.6 Å². The minimum absolute atomic E-state index is 0.557. The van der Waals surface area contributed by atoms with Gasteiger partial charge in [-0.3, -0.25) is 0 Å². The smallest absolute Gasteiger partial charge is 0.394 e. The highest BCUT2D eigenvalue weighted by molar-refractivity contribution is 5.68. The van der Waals surface area contributed by atoms with Crippen LogP contribution in [0.5, 0.6) is 0 Å². The standard InChI is InChI=1S/C11H23N3O4/c1-7-14(8-2)11(17-9(15)12(3)4)18-10(16)13(5)6/h11H,7-8H2,1-6H3. The van der Waals surface area contributed by atoms with Crippen LogP contribution in [0.15, 0.2) is 0 Å². The quantitative estimate of drug-likeness (QED) is 0.691. The Morgan fingerprint density at radius 1 is 0.889 bits per heavy atom. The maximum Gasteiger partial charge on any atom is 0.413 e. The van der Waals surface area contributed by atoms with Gasteiger partial charge in [0, 0.05) is 41.3 Å². The predicted octanol–water partition coefficient (Wildman–Crippen LogP) is 1.01. The number of ether oxygens (including phenoxy) is 2. The second-order valence-electron chi connectivity index (χ2n) is 4.08. The lowest BCUT2D eigenvalue weighted by molar-refractivity contribution is -0.163. The number of carbonyl (C=O) groups excluding carboxylic acids is 2. The molecule has 0 rings (SSSR count). The van der Waals surface area contributed by atoms with Crippen molar-refractivity contribution in [3.8, 4) is 0 Å². The van der Waals surface area contributed by atoms with Crippen molar-refractivity contribution in [3.05, 3.63) is 0 Å². The van der Waals surface area contributed by atoms with Crippen LogP contribution in [-0.4, -0.2) is 74.6 Å². The van der Waals surface area contributed by atoms with E-state index in [1.165, 1.54) is 9.80 Å². The molecular weight excluding hydrogens is 238 g/mol. The maximum atomic E-state index is 11.5. The van der Waals surface area contributed by atoms with Crippen molar-refractivity contribution >= 4 is 12.2 Å². The lowest BCUT2D eigenvalue weighted by Gasteiger charge is -2.29. The van der Waals surface area contributed by atoms with Gasteiger partial charge >= 0.3 is 18.6 Å². The third-order valence-electron chi connectivity index (χ3n) is 2.24. The molecule has 0 N–H and O–H groups in total. The SMILES string of the molecule is CCN(CC)C(OC(=O)N(C)C)OC(=O)N(C)C. The summed E-state index contributed by atoms with van der Waals surface area (Å²) in [7, 11) is 6.26. The van der Waals surface area contributed by atoms with Crippen molar-refractivity contribution in [3.63, 3.8) is 0 Å². The highest BCUT2D eigenvalue weighted by Crippen LogP contribution is 2.07. The number of hydrogen-bond acceptors (Lipinski definition) is 5. The molecule has 7 heteroatoms. The largest absolute Gasteiger partial charge is 0.413 e. The van der Waals surface area contributed by atoms with E-state index >= 15 is 0 Å². The Labute approximate surface area is 108 Å². The van der Waals surface area contributed by atoms with Gasteiger partial charge in [0.15, 0.2) is 0 Å². The molecule has 0 unspecified atom stereocenters. The van der Waals surface area contributed by atoms with Crippen LogP contribution in [0.25, 0.3) is 0 Å². The maximum absolute atomic E-state index is 11.5. The first-order chi connectivity index (χ1) is 8.33. The molecule has 0 aromatic heterocycles. The molecule has 0 aliphatic heterocycles. The van der Waals surface area contributed by atoms with Crippen molar-refractivity contribution in [2.75, 3.05) is 41.3 Å². The van der Waals surface area contributed by atoms with Crippen LogP contribution in [0, 0.1) is 0 Å². The summed E-state index contributed by atoms with van der Waals surface area (Å²) >= 11 is 0. The third-order valence-corrected chi connectivity index (χ3v) is 2.24. The Morgan fingerprint density at radius 2 is 1.22 bits per heavy atom. The molecule has 0 aromatic rings. The summed E-state index contributed by atoms with van der Waals surface area (Å²) in [6.07, 6.45) is -2.12. The zero-order chi connectivity index (χ0) is 14.3. The van der Waals surface area contributed by atoms with Gasteiger partial charge in [-0.1, -0.05) is 13.8 Å². The Balaban J connectivity index is 4.71. The molecule has 0 spiro atoms. The third kappa shape index (κ3) is 5.22. The molecule has 0 aliphatic carbocycles. The molecule has 0 radical (unpaired) electrons. The summed E-state index contributed by atoms with van der Waals surface area (Å²) in [6.45, 7) is 4.98. The van der Waals surface area contributed by atoms with E-state index in [0.29, 0.717) is 13.1 Å². The van der Waals surface area contributed by atoms with Crippen molar-refractivity contribution in [2.24, 2.45) is 0 Å². The topological polar surface area (TPSA) is 62.3 Å². The second-order valence-corrected chi connectivity index (χ2v) is 4.08. The van der Waals surface area contributed by atoms with Crippen molar-refractivity contribution in [1.82, 2.24) is 14.7 Å². The molecule has 0 saturated heterocycles. The lowest BCUT2D eigenvalue weighted by Crippen LogP contribution is -2.45. The minimum Gasteiger partial charge on any atom is -0.394 e. The van der Waals surface area contributed by atoms with E-state index in [0.717, 1.165) is 0 Å². The van der Waals surface area contributed by atoms with Crippen LogP contribution in [0.1, 0.15) is 13.8 Å². The van der Waals surface area contributed by atoms with Crippen LogP contribution in [0.2, 0.25) is 0 Å². The van der Waals surface area contributed by atoms with Gasteiger partial charge in [-0.2, -0.15) is 0 Å². The van der Waals surface area contributed by atoms with E-state index in [9.17, 15) is 9.59 Å². The molecule has 0 heterocycles. The molecule has 106 valence electrons. The molecule has 0 fully saturated rings. The molecule has 0 atom stereocenters. The van der Waals surface area contributed by atoms with Gasteiger partial charge in [0.2, 0.25) is 0 Å². The molecular formula is C11H23N3O4. The first-order valence-electron chi connectivity index (χ1n) is 5.83. The molecule has 0 bridgehead atoms. The first kappa shape index (κ1) is 16.5. The fourth-order valence-corrected chi connectivity index (χ4v) is 1.08. The average Bonchev–Trinajstić information content (AvgIpc) is 2.29. The van der Waals surface area contributed by atoms with Gasteiger partial charge in [0.05, 0.1) is 0 Å². The van der Waals surface area contributed by atoms with Crippen molar-refractivity contribution < 1.29 is 19.1 Å². The van der Waals surface area contributed by atoms with Gasteiger partial charge in [0.25, 0.3) is 0 Å². The molecule has 0 aromatic carbocycles. The number of rotatable bonds is 5. The monoisotopic (exact) mass is 261 g/mol. The molecule has 0 aliphatic rings. The number of nitrogens with zero attached hydrogens (tertiary/aromatic N) is 3. The fourth-order valence-electron chi connectivity index (χ4n) is 1.08. The second kappa shape index (κ2) is 7.75. The van der Waals surface area contributed by atoms with Crippen LogP contribution in [-0.2, 0) is 9.47 Å². The van der Waals surface area contributed by atoms with Gasteiger partial charge in [-0.05, 0) is 0 Å². The fraction of sp³-hybridized carbons (Fsp3) is 0.818. The van der Waals surface area contributed by atoms with Gasteiger partial charge in [0.1, 0.15) is 0 Å². The molecule has 0 saturated carbocycles. The Hall–Kier alpha value is -1.50. The van der Waals surface area contributed by atoms with E-state index in [-0.39, 0.29) is 0 Å². The zero-order valence-electron chi connectivity index (χ0n) is 12.0. The number of amides is 2. The first-order valence-corrected chi connectivity index (χ1v) is 5.83. The van der Waals surface area contributed by atoms with Gasteiger partial charge < -0.3 is 19.3 Å². The highest BCUT2D eigenvalue weighted by Gasteiger charge is 2.25. The van der Waals surface area contributed by atoms with E-state index in [4.69, 9.17) is 9.47 Å². The number of carbonyl (C=O) groups is 2. The van der Waals surface area contributed by atoms with Gasteiger partial charge in [-0.15, -0.1) is 0 Å². The lowest BCUT2D eigenvalue weighted by atomic mass is 10.5. The summed E-state index contributed by atoms with van der Waals surface area (Å²) in [4.78, 5) is 27.3. The van der Waals surface area contributed by atoms with Gasteiger partial charge in [-0.25, -0.2) is 14.5 Å². The molecule has 2 amide bonds. The van der Waals surface area contributed by atoms with E-state index in [2.05, 4.69) is 0 Å². The summed E-state index contributed by atoms with van der Waals surface area (Å²) in [5.41, 5.74) is 0. The van der Waals surface area contributed by atoms with Crippen LogP contribution >= 0.6 is 0 Å². The highest BCUT2D eigenvalue weighted by atomic mass is 16.7. The predicted molar refractivity (Wildman–Crippen MR) is 67.0 cm³/mol. The zero-order valence-corrected chi connectivity index (χ0v) is 12.0. The van der Waals surface area contributed by atoms with Crippen LogP contribution in [0.4, 0.5) is 9.59 Å². The van der Waals surface area contributed by atoms with E-state index in [1.807, 2.05) is 13.8 Å². The number of hydrogen-bond donors (Lipinski definition) is 0. The molecule has 18 heavy (non-hydrogen) atoms. The molecule has 7 nitrogen and oxygen atoms in total.